The smallest absolute Gasteiger partial charge is 0.257 e. The number of hydrogen-bond acceptors (Lipinski definition) is 2. The molecular weight excluding hydrogens is 209 g/mol. The molecule has 0 spiro atoms. The number of likely N-dealkylation sites (tertiary alicyclic amines) is 1. The summed E-state index contributed by atoms with van der Waals surface area (Å²) in [4.78, 5) is 13.6. The molecule has 0 aliphatic carbocycles. The number of ether oxygens (including phenoxy) is 1. The Labute approximate surface area is 93.8 Å². The molecule has 1 aliphatic heterocycles. The minimum Gasteiger partial charge on any atom is -0.496 e. The van der Waals surface area contributed by atoms with E-state index < -0.39 is 0 Å². The third-order valence-corrected chi connectivity index (χ3v) is 2.85. The standard InChI is InChI=1S/C12H14FNO2/c1-8-6-11(16-2)9(7-10(8)13)12(15)14-4-3-5-14/h6-7H,3-5H2,1-2H3. The van der Waals surface area contributed by atoms with Crippen molar-refractivity contribution in [2.75, 3.05) is 20.2 Å². The molecule has 1 aromatic rings. The summed E-state index contributed by atoms with van der Waals surface area (Å²) in [7, 11) is 1.49. The lowest BCUT2D eigenvalue weighted by atomic mass is 10.1. The molecule has 86 valence electrons. The van der Waals surface area contributed by atoms with Gasteiger partial charge in [0.05, 0.1) is 12.7 Å². The van der Waals surface area contributed by atoms with E-state index in [9.17, 15) is 9.18 Å². The molecule has 0 saturated carbocycles. The first-order valence-electron chi connectivity index (χ1n) is 5.27. The minimum absolute atomic E-state index is 0.151. The Hall–Kier alpha value is -1.58. The van der Waals surface area contributed by atoms with Gasteiger partial charge in [-0.25, -0.2) is 4.39 Å². The molecule has 1 heterocycles. The highest BCUT2D eigenvalue weighted by Crippen LogP contribution is 2.25. The van der Waals surface area contributed by atoms with Gasteiger partial charge in [-0.05, 0) is 31.0 Å². The van der Waals surface area contributed by atoms with Crippen molar-refractivity contribution in [1.29, 1.82) is 0 Å². The first-order chi connectivity index (χ1) is 7.63. The Kier molecular flexibility index (Phi) is 2.81. The lowest BCUT2D eigenvalue weighted by Crippen LogP contribution is -2.42. The van der Waals surface area contributed by atoms with Crippen molar-refractivity contribution in [3.05, 3.63) is 29.1 Å². The summed E-state index contributed by atoms with van der Waals surface area (Å²) in [6, 6.07) is 2.82. The van der Waals surface area contributed by atoms with Crippen LogP contribution in [0, 0.1) is 12.7 Å². The van der Waals surface area contributed by atoms with Crippen molar-refractivity contribution in [3.8, 4) is 5.75 Å². The molecule has 1 fully saturated rings. The summed E-state index contributed by atoms with van der Waals surface area (Å²) in [5.41, 5.74) is 0.794. The Morgan fingerprint density at radius 3 is 2.62 bits per heavy atom. The number of carbonyl (C=O) groups excluding carboxylic acids is 1. The molecule has 1 saturated heterocycles. The van der Waals surface area contributed by atoms with Gasteiger partial charge in [-0.1, -0.05) is 0 Å². The van der Waals surface area contributed by atoms with E-state index >= 15 is 0 Å². The second-order valence-electron chi connectivity index (χ2n) is 3.95. The van der Waals surface area contributed by atoms with E-state index in [2.05, 4.69) is 0 Å². The van der Waals surface area contributed by atoms with Crippen LogP contribution in [0.4, 0.5) is 4.39 Å². The predicted octanol–water partition coefficient (Wildman–Crippen LogP) is 1.99. The summed E-state index contributed by atoms with van der Waals surface area (Å²) in [6.45, 7) is 3.14. The molecule has 4 heteroatoms. The molecular formula is C12H14FNO2. The van der Waals surface area contributed by atoms with Gasteiger partial charge in [-0.3, -0.25) is 4.79 Å². The number of carbonyl (C=O) groups is 1. The average Bonchev–Trinajstić information content (AvgIpc) is 2.18. The van der Waals surface area contributed by atoms with Crippen LogP contribution in [-0.4, -0.2) is 31.0 Å². The number of hydrogen-bond donors (Lipinski definition) is 0. The van der Waals surface area contributed by atoms with Crippen LogP contribution in [0.5, 0.6) is 5.75 Å². The maximum absolute atomic E-state index is 13.4. The van der Waals surface area contributed by atoms with E-state index in [0.29, 0.717) is 16.9 Å². The predicted molar refractivity (Wildman–Crippen MR) is 58.2 cm³/mol. The highest BCUT2D eigenvalue weighted by Gasteiger charge is 2.25. The third kappa shape index (κ3) is 1.75. The fourth-order valence-corrected chi connectivity index (χ4v) is 1.68. The Balaban J connectivity index is 2.37. The van der Waals surface area contributed by atoms with Crippen LogP contribution in [-0.2, 0) is 0 Å². The molecule has 1 amide bonds. The number of methoxy groups -OCH3 is 1. The fourth-order valence-electron chi connectivity index (χ4n) is 1.68. The normalized spacial score (nSPS) is 14.6. The van der Waals surface area contributed by atoms with E-state index in [1.807, 2.05) is 0 Å². The molecule has 3 nitrogen and oxygen atoms in total. The number of benzene rings is 1. The summed E-state index contributed by atoms with van der Waals surface area (Å²) < 4.78 is 18.5. The number of amides is 1. The van der Waals surface area contributed by atoms with Crippen molar-refractivity contribution in [2.45, 2.75) is 13.3 Å². The van der Waals surface area contributed by atoms with Crippen molar-refractivity contribution in [3.63, 3.8) is 0 Å². The van der Waals surface area contributed by atoms with E-state index in [1.54, 1.807) is 17.9 Å². The molecule has 0 aromatic heterocycles. The second-order valence-corrected chi connectivity index (χ2v) is 3.95. The van der Waals surface area contributed by atoms with Gasteiger partial charge in [0.15, 0.2) is 0 Å². The van der Waals surface area contributed by atoms with Crippen LogP contribution < -0.4 is 4.74 Å². The van der Waals surface area contributed by atoms with Gasteiger partial charge < -0.3 is 9.64 Å². The minimum atomic E-state index is -0.371. The van der Waals surface area contributed by atoms with Crippen LogP contribution >= 0.6 is 0 Å². The van der Waals surface area contributed by atoms with E-state index in [0.717, 1.165) is 19.5 Å². The van der Waals surface area contributed by atoms with Gasteiger partial charge >= 0.3 is 0 Å². The maximum atomic E-state index is 13.4. The molecule has 2 rings (SSSR count). The molecule has 0 radical (unpaired) electrons. The van der Waals surface area contributed by atoms with Crippen molar-refractivity contribution >= 4 is 5.91 Å². The number of aryl methyl sites for hydroxylation is 1. The van der Waals surface area contributed by atoms with E-state index in [1.165, 1.54) is 13.2 Å². The van der Waals surface area contributed by atoms with Gasteiger partial charge in [0, 0.05) is 13.1 Å². The van der Waals surface area contributed by atoms with Gasteiger partial charge in [-0.2, -0.15) is 0 Å². The second kappa shape index (κ2) is 4.12. The third-order valence-electron chi connectivity index (χ3n) is 2.85. The number of rotatable bonds is 2. The fraction of sp³-hybridized carbons (Fsp3) is 0.417. The summed E-state index contributed by atoms with van der Waals surface area (Å²) >= 11 is 0. The molecule has 0 atom stereocenters. The van der Waals surface area contributed by atoms with Gasteiger partial charge in [0.2, 0.25) is 0 Å². The summed E-state index contributed by atoms with van der Waals surface area (Å²) in [5, 5.41) is 0. The SMILES string of the molecule is COc1cc(C)c(F)cc1C(=O)N1CCC1. The van der Waals surface area contributed by atoms with Crippen molar-refractivity contribution < 1.29 is 13.9 Å². The maximum Gasteiger partial charge on any atom is 0.257 e. The lowest BCUT2D eigenvalue weighted by molar-refractivity contribution is 0.0648. The highest BCUT2D eigenvalue weighted by molar-refractivity contribution is 5.97. The van der Waals surface area contributed by atoms with Crippen LogP contribution in [0.2, 0.25) is 0 Å². The largest absolute Gasteiger partial charge is 0.496 e. The number of nitrogens with zero attached hydrogens (tertiary/aromatic N) is 1. The zero-order chi connectivity index (χ0) is 11.7. The molecule has 0 N–H and O–H groups in total. The highest BCUT2D eigenvalue weighted by atomic mass is 19.1. The Bertz CT molecular complexity index is 427. The van der Waals surface area contributed by atoms with Crippen LogP contribution in [0.3, 0.4) is 0 Å². The van der Waals surface area contributed by atoms with Gasteiger partial charge in [0.1, 0.15) is 11.6 Å². The molecule has 1 aromatic carbocycles. The quantitative estimate of drug-likeness (QED) is 0.767. The zero-order valence-electron chi connectivity index (χ0n) is 9.42. The zero-order valence-corrected chi connectivity index (χ0v) is 9.42. The number of halogens is 1. The molecule has 0 bridgehead atoms. The van der Waals surface area contributed by atoms with Crippen molar-refractivity contribution in [2.24, 2.45) is 0 Å². The molecule has 16 heavy (non-hydrogen) atoms. The van der Waals surface area contributed by atoms with Gasteiger partial charge in [-0.15, -0.1) is 0 Å². The van der Waals surface area contributed by atoms with E-state index in [4.69, 9.17) is 4.74 Å². The van der Waals surface area contributed by atoms with E-state index in [-0.39, 0.29) is 11.7 Å². The molecule has 1 aliphatic rings. The Morgan fingerprint density at radius 2 is 2.12 bits per heavy atom. The summed E-state index contributed by atoms with van der Waals surface area (Å²) in [5.74, 6) is -0.0810. The Morgan fingerprint density at radius 1 is 1.44 bits per heavy atom. The average molecular weight is 223 g/mol. The molecule has 0 unspecified atom stereocenters. The van der Waals surface area contributed by atoms with Crippen molar-refractivity contribution in [1.82, 2.24) is 4.90 Å². The monoisotopic (exact) mass is 223 g/mol. The first-order valence-corrected chi connectivity index (χ1v) is 5.27. The van der Waals surface area contributed by atoms with Crippen LogP contribution in [0.25, 0.3) is 0 Å². The topological polar surface area (TPSA) is 29.5 Å². The first kappa shape index (κ1) is 10.9. The summed E-state index contributed by atoms with van der Waals surface area (Å²) in [6.07, 6.45) is 1.02. The van der Waals surface area contributed by atoms with Crippen LogP contribution in [0.15, 0.2) is 12.1 Å². The van der Waals surface area contributed by atoms with Crippen LogP contribution in [0.1, 0.15) is 22.3 Å². The van der Waals surface area contributed by atoms with Gasteiger partial charge in [0.25, 0.3) is 5.91 Å². The lowest BCUT2D eigenvalue weighted by Gasteiger charge is -2.31.